The SMILES string of the molecule is Cc1ccc(NC(=O)CC(CN)N2CC3=C(CN(c4ccc(OC(C)(F)F)cc4)C3)C2)cc1. The Labute approximate surface area is 193 Å². The fourth-order valence-corrected chi connectivity index (χ4v) is 4.41. The second kappa shape index (κ2) is 9.49. The molecule has 0 aromatic heterocycles. The van der Waals surface area contributed by atoms with E-state index in [1.165, 1.54) is 11.1 Å². The Morgan fingerprint density at radius 3 is 2.21 bits per heavy atom. The molecule has 1 amide bonds. The van der Waals surface area contributed by atoms with Gasteiger partial charge in [-0.1, -0.05) is 17.7 Å². The first-order chi connectivity index (χ1) is 15.7. The zero-order chi connectivity index (χ0) is 23.6. The second-order valence-corrected chi connectivity index (χ2v) is 8.88. The fraction of sp³-hybridized carbons (Fsp3) is 0.400. The van der Waals surface area contributed by atoms with Gasteiger partial charge in [-0.05, 0) is 54.5 Å². The highest BCUT2D eigenvalue weighted by Crippen LogP contribution is 2.32. The van der Waals surface area contributed by atoms with Gasteiger partial charge < -0.3 is 20.7 Å². The normalized spacial score (nSPS) is 17.3. The molecule has 0 bridgehead atoms. The van der Waals surface area contributed by atoms with Crippen molar-refractivity contribution in [3.63, 3.8) is 0 Å². The number of nitrogens with one attached hydrogen (secondary N) is 1. The Bertz CT molecular complexity index is 998. The molecule has 0 aliphatic carbocycles. The van der Waals surface area contributed by atoms with Gasteiger partial charge in [-0.2, -0.15) is 8.78 Å². The van der Waals surface area contributed by atoms with E-state index in [1.54, 1.807) is 24.3 Å². The van der Waals surface area contributed by atoms with Gasteiger partial charge in [-0.25, -0.2) is 0 Å². The van der Waals surface area contributed by atoms with E-state index < -0.39 is 6.11 Å². The number of benzene rings is 2. The van der Waals surface area contributed by atoms with Crippen LogP contribution in [0.4, 0.5) is 20.2 Å². The van der Waals surface area contributed by atoms with E-state index in [-0.39, 0.29) is 17.7 Å². The number of carbonyl (C=O) groups is 1. The van der Waals surface area contributed by atoms with Crippen molar-refractivity contribution in [1.82, 2.24) is 4.90 Å². The number of rotatable bonds is 8. The zero-order valence-electron chi connectivity index (χ0n) is 19.0. The van der Waals surface area contributed by atoms with Crippen molar-refractivity contribution in [1.29, 1.82) is 0 Å². The Kier molecular flexibility index (Phi) is 6.67. The van der Waals surface area contributed by atoms with E-state index >= 15 is 0 Å². The second-order valence-electron chi connectivity index (χ2n) is 8.88. The van der Waals surface area contributed by atoms with E-state index in [4.69, 9.17) is 5.73 Å². The first kappa shape index (κ1) is 23.2. The van der Waals surface area contributed by atoms with E-state index in [2.05, 4.69) is 19.9 Å². The van der Waals surface area contributed by atoms with Crippen molar-refractivity contribution < 1.29 is 18.3 Å². The third-order valence-electron chi connectivity index (χ3n) is 6.10. The fourth-order valence-electron chi connectivity index (χ4n) is 4.41. The van der Waals surface area contributed by atoms with Gasteiger partial charge in [-0.3, -0.25) is 9.69 Å². The largest absolute Gasteiger partial charge is 0.433 e. The summed E-state index contributed by atoms with van der Waals surface area (Å²) in [7, 11) is 0. The highest BCUT2D eigenvalue weighted by Gasteiger charge is 2.33. The molecule has 0 saturated heterocycles. The maximum absolute atomic E-state index is 13.0. The topological polar surface area (TPSA) is 70.8 Å². The van der Waals surface area contributed by atoms with Crippen LogP contribution in [0.25, 0.3) is 0 Å². The number of hydrogen-bond acceptors (Lipinski definition) is 5. The van der Waals surface area contributed by atoms with Gasteiger partial charge in [0.1, 0.15) is 5.75 Å². The average Bonchev–Trinajstić information content (AvgIpc) is 3.32. The number of nitrogens with two attached hydrogens (primary N) is 1. The van der Waals surface area contributed by atoms with Crippen LogP contribution in [0.3, 0.4) is 0 Å². The number of nitrogens with zero attached hydrogens (tertiary/aromatic N) is 2. The molecule has 2 aliphatic heterocycles. The standard InChI is InChI=1S/C25H30F2N4O2/c1-17-3-5-20(6-4-17)29-24(32)11-22(12-28)31-15-18-13-30(14-19(18)16-31)21-7-9-23(10-8-21)33-25(2,26)27/h3-10,22H,11-16,28H2,1-2H3,(H,29,32). The van der Waals surface area contributed by atoms with Crippen LogP contribution in [0, 0.1) is 6.92 Å². The van der Waals surface area contributed by atoms with E-state index in [0.29, 0.717) is 13.0 Å². The first-order valence-corrected chi connectivity index (χ1v) is 11.1. The summed E-state index contributed by atoms with van der Waals surface area (Å²) in [6, 6.07) is 14.5. The van der Waals surface area contributed by atoms with Crippen LogP contribution < -0.4 is 20.7 Å². The number of hydrogen-bond donors (Lipinski definition) is 2. The van der Waals surface area contributed by atoms with Crippen LogP contribution in [0.15, 0.2) is 59.7 Å². The maximum atomic E-state index is 13.0. The molecule has 1 unspecified atom stereocenters. The summed E-state index contributed by atoms with van der Waals surface area (Å²) < 4.78 is 30.7. The van der Waals surface area contributed by atoms with Crippen LogP contribution in [0.5, 0.6) is 5.75 Å². The van der Waals surface area contributed by atoms with E-state index in [9.17, 15) is 13.6 Å². The van der Waals surface area contributed by atoms with E-state index in [0.717, 1.165) is 50.0 Å². The Morgan fingerprint density at radius 1 is 1.06 bits per heavy atom. The Morgan fingerprint density at radius 2 is 1.67 bits per heavy atom. The minimum atomic E-state index is -3.20. The molecular weight excluding hydrogens is 426 g/mol. The predicted molar refractivity (Wildman–Crippen MR) is 126 cm³/mol. The number of aryl methyl sites for hydroxylation is 1. The number of ether oxygens (including phenoxy) is 1. The minimum Gasteiger partial charge on any atom is -0.433 e. The quantitative estimate of drug-likeness (QED) is 0.592. The number of halogens is 2. The van der Waals surface area contributed by atoms with Crippen LogP contribution >= 0.6 is 0 Å². The van der Waals surface area contributed by atoms with Gasteiger partial charge in [0.25, 0.3) is 0 Å². The molecule has 0 saturated carbocycles. The lowest BCUT2D eigenvalue weighted by Gasteiger charge is -2.29. The third kappa shape index (κ3) is 5.89. The van der Waals surface area contributed by atoms with Gasteiger partial charge in [0.2, 0.25) is 5.91 Å². The molecular formula is C25H30F2N4O2. The molecule has 6 nitrogen and oxygen atoms in total. The van der Waals surface area contributed by atoms with Gasteiger partial charge in [0.15, 0.2) is 0 Å². The molecule has 3 N–H and O–H groups in total. The number of anilines is 2. The summed E-state index contributed by atoms with van der Waals surface area (Å²) in [5.41, 5.74) is 11.6. The Balaban J connectivity index is 1.29. The van der Waals surface area contributed by atoms with Crippen molar-refractivity contribution >= 4 is 17.3 Å². The molecule has 2 aliphatic rings. The molecule has 33 heavy (non-hydrogen) atoms. The summed E-state index contributed by atoms with van der Waals surface area (Å²) in [5, 5.41) is 2.95. The summed E-state index contributed by atoms with van der Waals surface area (Å²) in [6.45, 7) is 6.28. The minimum absolute atomic E-state index is 0.0263. The molecule has 176 valence electrons. The lowest BCUT2D eigenvalue weighted by Crippen LogP contribution is -2.43. The van der Waals surface area contributed by atoms with Gasteiger partial charge in [0.05, 0.1) is 0 Å². The lowest BCUT2D eigenvalue weighted by atomic mass is 10.1. The third-order valence-corrected chi connectivity index (χ3v) is 6.10. The van der Waals surface area contributed by atoms with Crippen molar-refractivity contribution in [2.45, 2.75) is 32.4 Å². The molecule has 0 radical (unpaired) electrons. The molecule has 2 heterocycles. The highest BCUT2D eigenvalue weighted by atomic mass is 19.3. The highest BCUT2D eigenvalue weighted by molar-refractivity contribution is 5.91. The first-order valence-electron chi connectivity index (χ1n) is 11.1. The maximum Gasteiger partial charge on any atom is 0.394 e. The molecule has 0 fully saturated rings. The van der Waals surface area contributed by atoms with Crippen LogP contribution in [0.1, 0.15) is 18.9 Å². The number of amides is 1. The predicted octanol–water partition coefficient (Wildman–Crippen LogP) is 3.77. The van der Waals surface area contributed by atoms with Gasteiger partial charge in [0, 0.05) is 63.5 Å². The van der Waals surface area contributed by atoms with Crippen molar-refractivity contribution in [2.24, 2.45) is 5.73 Å². The monoisotopic (exact) mass is 456 g/mol. The smallest absolute Gasteiger partial charge is 0.394 e. The van der Waals surface area contributed by atoms with Crippen LogP contribution in [-0.4, -0.2) is 55.7 Å². The van der Waals surface area contributed by atoms with Crippen LogP contribution in [-0.2, 0) is 4.79 Å². The molecule has 2 aromatic carbocycles. The number of alkyl halides is 2. The lowest BCUT2D eigenvalue weighted by molar-refractivity contribution is -0.158. The van der Waals surface area contributed by atoms with Gasteiger partial charge >= 0.3 is 6.11 Å². The van der Waals surface area contributed by atoms with Crippen molar-refractivity contribution in [2.75, 3.05) is 42.9 Å². The average molecular weight is 457 g/mol. The molecule has 2 aromatic rings. The zero-order valence-corrected chi connectivity index (χ0v) is 19.0. The number of carbonyl (C=O) groups excluding carboxylic acids is 1. The molecule has 1 atom stereocenters. The van der Waals surface area contributed by atoms with E-state index in [1.807, 2.05) is 31.2 Å². The Hall–Kier alpha value is -2.97. The summed E-state index contributed by atoms with van der Waals surface area (Å²) in [5.74, 6) is 0.106. The summed E-state index contributed by atoms with van der Waals surface area (Å²) in [6.07, 6.45) is -2.85. The van der Waals surface area contributed by atoms with Crippen molar-refractivity contribution in [3.8, 4) is 5.75 Å². The molecule has 4 rings (SSSR count). The molecule has 0 spiro atoms. The van der Waals surface area contributed by atoms with Crippen LogP contribution in [0.2, 0.25) is 0 Å². The summed E-state index contributed by atoms with van der Waals surface area (Å²) in [4.78, 5) is 17.0. The summed E-state index contributed by atoms with van der Waals surface area (Å²) >= 11 is 0. The van der Waals surface area contributed by atoms with Crippen molar-refractivity contribution in [3.05, 3.63) is 65.2 Å². The van der Waals surface area contributed by atoms with Gasteiger partial charge in [-0.15, -0.1) is 0 Å². The molecule has 8 heteroatoms.